The van der Waals surface area contributed by atoms with E-state index in [-0.39, 0.29) is 18.1 Å². The zero-order valence-corrected chi connectivity index (χ0v) is 18.5. The third-order valence-corrected chi connectivity index (χ3v) is 5.53. The molecule has 0 atom stereocenters. The van der Waals surface area contributed by atoms with E-state index in [2.05, 4.69) is 15.3 Å². The number of imidazole rings is 1. The highest BCUT2D eigenvalue weighted by molar-refractivity contribution is 6.08. The quantitative estimate of drug-likeness (QED) is 0.372. The molecule has 3 aromatic heterocycles. The molecule has 0 spiro atoms. The van der Waals surface area contributed by atoms with Gasteiger partial charge in [-0.3, -0.25) is 14.2 Å². The minimum absolute atomic E-state index is 0.175. The minimum Gasteiger partial charge on any atom is -0.485 e. The number of pyridine rings is 2. The van der Waals surface area contributed by atoms with E-state index in [9.17, 15) is 13.6 Å². The highest BCUT2D eigenvalue weighted by atomic mass is 19.1. The largest absolute Gasteiger partial charge is 0.485 e. The number of aryl methyl sites for hydroxylation is 2. The Hall–Kier alpha value is -4.33. The van der Waals surface area contributed by atoms with Gasteiger partial charge in [-0.15, -0.1) is 0 Å². The van der Waals surface area contributed by atoms with Crippen molar-refractivity contribution < 1.29 is 18.3 Å². The lowest BCUT2D eigenvalue weighted by Gasteiger charge is -2.11. The number of hydrogen-bond acceptors (Lipinski definition) is 4. The van der Waals surface area contributed by atoms with Gasteiger partial charge in [-0.05, 0) is 50.2 Å². The van der Waals surface area contributed by atoms with Crippen LogP contribution in [0.4, 0.5) is 14.5 Å². The molecule has 0 fully saturated rings. The molecule has 5 aromatic rings. The number of para-hydroxylation sites is 1. The van der Waals surface area contributed by atoms with Gasteiger partial charge in [0.05, 0.1) is 22.5 Å². The molecule has 0 aliphatic heterocycles. The van der Waals surface area contributed by atoms with Crippen molar-refractivity contribution in [2.45, 2.75) is 20.5 Å². The standard InChI is InChI=1S/C26H20F2N4O2/c1-15-13-22(17-7-3-4-10-21(17)29-15)31-26(33)24-16(2)30-25-23(11-6-12-32(24)25)34-14-18-19(27)8-5-9-20(18)28/h3-13H,14H2,1-2H3,(H,29,31,33). The average Bonchev–Trinajstić information content (AvgIpc) is 3.15. The van der Waals surface area contributed by atoms with Crippen molar-refractivity contribution in [3.63, 3.8) is 0 Å². The molecule has 8 heteroatoms. The number of benzene rings is 2. The molecule has 0 bridgehead atoms. The van der Waals surface area contributed by atoms with Gasteiger partial charge in [-0.1, -0.05) is 24.3 Å². The van der Waals surface area contributed by atoms with Crippen molar-refractivity contribution in [2.75, 3.05) is 5.32 Å². The molecule has 5 rings (SSSR count). The lowest BCUT2D eigenvalue weighted by atomic mass is 10.1. The van der Waals surface area contributed by atoms with Gasteiger partial charge in [0.25, 0.3) is 5.91 Å². The molecule has 0 radical (unpaired) electrons. The predicted molar refractivity (Wildman–Crippen MR) is 125 cm³/mol. The summed E-state index contributed by atoms with van der Waals surface area (Å²) in [6.45, 7) is 3.27. The Bertz CT molecular complexity index is 1540. The normalized spacial score (nSPS) is 11.2. The first-order chi connectivity index (χ1) is 16.4. The van der Waals surface area contributed by atoms with Crippen LogP contribution in [0.3, 0.4) is 0 Å². The fraction of sp³-hybridized carbons (Fsp3) is 0.115. The Morgan fingerprint density at radius 1 is 1.00 bits per heavy atom. The number of ether oxygens (including phenoxy) is 1. The van der Waals surface area contributed by atoms with E-state index >= 15 is 0 Å². The third kappa shape index (κ3) is 3.83. The minimum atomic E-state index is -0.689. The van der Waals surface area contributed by atoms with Crippen LogP contribution in [0.25, 0.3) is 16.6 Å². The van der Waals surface area contributed by atoms with E-state index in [1.807, 2.05) is 37.3 Å². The summed E-state index contributed by atoms with van der Waals surface area (Å²) in [5.74, 6) is -1.42. The lowest BCUT2D eigenvalue weighted by Crippen LogP contribution is -2.16. The van der Waals surface area contributed by atoms with E-state index in [1.165, 1.54) is 18.2 Å². The second-order valence-corrected chi connectivity index (χ2v) is 7.88. The van der Waals surface area contributed by atoms with Crippen LogP contribution in [0, 0.1) is 25.5 Å². The maximum atomic E-state index is 14.0. The Morgan fingerprint density at radius 2 is 1.76 bits per heavy atom. The summed E-state index contributed by atoms with van der Waals surface area (Å²) in [7, 11) is 0. The Kier molecular flexibility index (Phi) is 5.41. The number of nitrogens with one attached hydrogen (secondary N) is 1. The van der Waals surface area contributed by atoms with Gasteiger partial charge < -0.3 is 10.1 Å². The van der Waals surface area contributed by atoms with Crippen molar-refractivity contribution in [3.8, 4) is 5.75 Å². The van der Waals surface area contributed by atoms with Crippen molar-refractivity contribution in [3.05, 3.63) is 101 Å². The smallest absolute Gasteiger partial charge is 0.274 e. The monoisotopic (exact) mass is 458 g/mol. The SMILES string of the molecule is Cc1cc(NC(=O)c2c(C)nc3c(OCc4c(F)cccc4F)cccn23)c2ccccc2n1. The van der Waals surface area contributed by atoms with Gasteiger partial charge in [-0.2, -0.15) is 0 Å². The number of amides is 1. The fourth-order valence-electron chi connectivity index (χ4n) is 3.96. The maximum Gasteiger partial charge on any atom is 0.274 e. The molecule has 3 heterocycles. The second kappa shape index (κ2) is 8.55. The van der Waals surface area contributed by atoms with E-state index in [4.69, 9.17) is 4.74 Å². The topological polar surface area (TPSA) is 68.5 Å². The van der Waals surface area contributed by atoms with Gasteiger partial charge in [0, 0.05) is 17.3 Å². The summed E-state index contributed by atoms with van der Waals surface area (Å²) in [5.41, 5.74) is 3.22. The van der Waals surface area contributed by atoms with Crippen molar-refractivity contribution >= 4 is 28.1 Å². The summed E-state index contributed by atoms with van der Waals surface area (Å²) in [6, 6.07) is 16.4. The van der Waals surface area contributed by atoms with Crippen LogP contribution in [-0.2, 0) is 6.61 Å². The van der Waals surface area contributed by atoms with E-state index in [0.29, 0.717) is 28.5 Å². The van der Waals surface area contributed by atoms with E-state index < -0.39 is 11.6 Å². The summed E-state index contributed by atoms with van der Waals surface area (Å²) in [5, 5.41) is 3.80. The molecule has 0 unspecified atom stereocenters. The van der Waals surface area contributed by atoms with Crippen molar-refractivity contribution in [2.24, 2.45) is 0 Å². The van der Waals surface area contributed by atoms with Crippen LogP contribution in [-0.4, -0.2) is 20.3 Å². The molecule has 34 heavy (non-hydrogen) atoms. The number of carbonyl (C=O) groups is 1. The van der Waals surface area contributed by atoms with Crippen LogP contribution >= 0.6 is 0 Å². The van der Waals surface area contributed by atoms with Crippen LogP contribution in [0.1, 0.15) is 27.4 Å². The lowest BCUT2D eigenvalue weighted by molar-refractivity contribution is 0.102. The predicted octanol–water partition coefficient (Wildman–Crippen LogP) is 5.61. The highest BCUT2D eigenvalue weighted by Crippen LogP contribution is 2.27. The van der Waals surface area contributed by atoms with Crippen LogP contribution < -0.4 is 10.1 Å². The zero-order chi connectivity index (χ0) is 23.8. The Balaban J connectivity index is 1.48. The van der Waals surface area contributed by atoms with Crippen molar-refractivity contribution in [1.29, 1.82) is 0 Å². The number of hydrogen-bond donors (Lipinski definition) is 1. The first kappa shape index (κ1) is 21.5. The summed E-state index contributed by atoms with van der Waals surface area (Å²) in [6.07, 6.45) is 1.69. The Morgan fingerprint density at radius 3 is 2.56 bits per heavy atom. The number of halogens is 2. The highest BCUT2D eigenvalue weighted by Gasteiger charge is 2.20. The van der Waals surface area contributed by atoms with E-state index in [0.717, 1.165) is 16.6 Å². The number of anilines is 1. The molecule has 6 nitrogen and oxygen atoms in total. The number of nitrogens with zero attached hydrogens (tertiary/aromatic N) is 3. The molecular weight excluding hydrogens is 438 g/mol. The van der Waals surface area contributed by atoms with Crippen LogP contribution in [0.2, 0.25) is 0 Å². The van der Waals surface area contributed by atoms with Gasteiger partial charge >= 0.3 is 0 Å². The summed E-state index contributed by atoms with van der Waals surface area (Å²) >= 11 is 0. The number of rotatable bonds is 5. The molecule has 0 saturated carbocycles. The molecule has 1 amide bonds. The van der Waals surface area contributed by atoms with Crippen molar-refractivity contribution in [1.82, 2.24) is 14.4 Å². The van der Waals surface area contributed by atoms with Crippen LogP contribution in [0.5, 0.6) is 5.75 Å². The van der Waals surface area contributed by atoms with Gasteiger partial charge in [0.15, 0.2) is 11.4 Å². The molecular formula is C26H20F2N4O2. The average molecular weight is 458 g/mol. The Labute approximate surface area is 193 Å². The fourth-order valence-corrected chi connectivity index (χ4v) is 3.96. The molecule has 1 N–H and O–H groups in total. The molecule has 2 aromatic carbocycles. The first-order valence-electron chi connectivity index (χ1n) is 10.6. The third-order valence-electron chi connectivity index (χ3n) is 5.53. The number of aromatic nitrogens is 3. The zero-order valence-electron chi connectivity index (χ0n) is 18.5. The first-order valence-corrected chi connectivity index (χ1v) is 10.6. The molecule has 170 valence electrons. The van der Waals surface area contributed by atoms with Crippen LogP contribution in [0.15, 0.2) is 66.9 Å². The summed E-state index contributed by atoms with van der Waals surface area (Å²) < 4.78 is 35.3. The van der Waals surface area contributed by atoms with Gasteiger partial charge in [-0.25, -0.2) is 13.8 Å². The summed E-state index contributed by atoms with van der Waals surface area (Å²) in [4.78, 5) is 22.3. The van der Waals surface area contributed by atoms with Gasteiger partial charge in [0.1, 0.15) is 23.9 Å². The van der Waals surface area contributed by atoms with Gasteiger partial charge in [0.2, 0.25) is 0 Å². The second-order valence-electron chi connectivity index (χ2n) is 7.88. The number of carbonyl (C=O) groups excluding carboxylic acids is 1. The maximum absolute atomic E-state index is 14.0. The molecule has 0 aliphatic carbocycles. The molecule has 0 saturated heterocycles. The number of fused-ring (bicyclic) bond motifs is 2. The van der Waals surface area contributed by atoms with E-state index in [1.54, 1.807) is 29.7 Å². The molecule has 0 aliphatic rings.